The molecule has 6 rings (SSSR count). The number of nitrogens with zero attached hydrogens (tertiary/aromatic N) is 1. The number of ether oxygens (including phenoxy) is 1. The lowest BCUT2D eigenvalue weighted by Crippen LogP contribution is -2.00. The summed E-state index contributed by atoms with van der Waals surface area (Å²) in [4.78, 5) is 14.4. The molecule has 6 nitrogen and oxygen atoms in total. The van der Waals surface area contributed by atoms with Gasteiger partial charge in [-0.2, -0.15) is 0 Å². The molecule has 5 aromatic rings. The van der Waals surface area contributed by atoms with Crippen LogP contribution in [0.15, 0.2) is 71.4 Å². The highest BCUT2D eigenvalue weighted by Gasteiger charge is 2.33. The summed E-state index contributed by atoms with van der Waals surface area (Å²) in [7, 11) is 0. The zero-order valence-electron chi connectivity index (χ0n) is 18.9. The molecule has 0 radical (unpaired) electrons. The van der Waals surface area contributed by atoms with Crippen molar-refractivity contribution in [3.8, 4) is 28.1 Å². The molecular weight excluding hydrogens is 499 g/mol. The normalized spacial score (nSPS) is 13.3. The number of carbonyl (C=O) groups is 1. The number of aromatic amines is 1. The third kappa shape index (κ3) is 4.12. The van der Waals surface area contributed by atoms with E-state index in [2.05, 4.69) is 10.1 Å². The Bertz CT molecular complexity index is 1580. The lowest BCUT2D eigenvalue weighted by molar-refractivity contribution is 0.0697. The van der Waals surface area contributed by atoms with Crippen molar-refractivity contribution in [3.05, 3.63) is 93.8 Å². The van der Waals surface area contributed by atoms with Crippen LogP contribution in [-0.2, 0) is 6.61 Å². The molecule has 180 valence electrons. The van der Waals surface area contributed by atoms with Gasteiger partial charge < -0.3 is 19.4 Å². The third-order valence-electron chi connectivity index (χ3n) is 6.44. The Morgan fingerprint density at radius 2 is 1.83 bits per heavy atom. The van der Waals surface area contributed by atoms with E-state index >= 15 is 0 Å². The zero-order chi connectivity index (χ0) is 24.8. The fraction of sp³-hybridized carbons (Fsp3) is 0.143. The molecule has 0 spiro atoms. The van der Waals surface area contributed by atoms with Gasteiger partial charge >= 0.3 is 5.97 Å². The highest BCUT2D eigenvalue weighted by Crippen LogP contribution is 2.46. The number of rotatable bonds is 7. The summed E-state index contributed by atoms with van der Waals surface area (Å²) in [6, 6.07) is 18.2. The molecule has 1 aliphatic carbocycles. The van der Waals surface area contributed by atoms with Crippen LogP contribution in [0.25, 0.3) is 33.3 Å². The summed E-state index contributed by atoms with van der Waals surface area (Å²) in [5.74, 6) is 0.923. The summed E-state index contributed by atoms with van der Waals surface area (Å²) in [5.41, 5.74) is 5.12. The van der Waals surface area contributed by atoms with Crippen molar-refractivity contribution < 1.29 is 19.2 Å². The van der Waals surface area contributed by atoms with Gasteiger partial charge in [-0.1, -0.05) is 52.6 Å². The summed E-state index contributed by atoms with van der Waals surface area (Å²) in [6.45, 7) is 0.274. The molecule has 2 aromatic heterocycles. The number of hydrogen-bond acceptors (Lipinski definition) is 4. The maximum absolute atomic E-state index is 11.3. The highest BCUT2D eigenvalue weighted by molar-refractivity contribution is 6.39. The predicted molar refractivity (Wildman–Crippen MR) is 139 cm³/mol. The van der Waals surface area contributed by atoms with Crippen molar-refractivity contribution >= 4 is 40.1 Å². The molecule has 0 unspecified atom stereocenters. The first kappa shape index (κ1) is 22.7. The quantitative estimate of drug-likeness (QED) is 0.228. The van der Waals surface area contributed by atoms with Gasteiger partial charge in [0.2, 0.25) is 0 Å². The van der Waals surface area contributed by atoms with Crippen molar-refractivity contribution in [1.29, 1.82) is 0 Å². The lowest BCUT2D eigenvalue weighted by atomic mass is 10.0. The van der Waals surface area contributed by atoms with Crippen LogP contribution in [0.1, 0.15) is 40.4 Å². The second-order valence-electron chi connectivity index (χ2n) is 8.83. The summed E-state index contributed by atoms with van der Waals surface area (Å²) in [5, 5.41) is 15.5. The van der Waals surface area contributed by atoms with E-state index in [1.165, 1.54) is 0 Å². The van der Waals surface area contributed by atoms with Crippen LogP contribution in [0.3, 0.4) is 0 Å². The SMILES string of the molecule is O=C(O)c1ccc2c(-c3ccc(OCc4c(-c5c(Cl)cccc5Cl)noc4C4CC4)cc3)c[nH]c2c1. The zero-order valence-corrected chi connectivity index (χ0v) is 20.4. The maximum Gasteiger partial charge on any atom is 0.335 e. The Kier molecular flexibility index (Phi) is 5.70. The van der Waals surface area contributed by atoms with Crippen molar-refractivity contribution in [2.24, 2.45) is 0 Å². The van der Waals surface area contributed by atoms with Gasteiger partial charge in [0.1, 0.15) is 23.8 Å². The third-order valence-corrected chi connectivity index (χ3v) is 7.07. The molecule has 8 heteroatoms. The van der Waals surface area contributed by atoms with E-state index in [0.29, 0.717) is 33.0 Å². The van der Waals surface area contributed by atoms with Gasteiger partial charge in [-0.3, -0.25) is 0 Å². The first-order chi connectivity index (χ1) is 17.5. The molecular formula is C28H20Cl2N2O4. The number of benzene rings is 3. The van der Waals surface area contributed by atoms with Crippen molar-refractivity contribution in [3.63, 3.8) is 0 Å². The van der Waals surface area contributed by atoms with E-state index in [9.17, 15) is 9.90 Å². The molecule has 1 aliphatic rings. The summed E-state index contributed by atoms with van der Waals surface area (Å²) < 4.78 is 11.9. The minimum atomic E-state index is -0.952. The fourth-order valence-corrected chi connectivity index (χ4v) is 5.01. The molecule has 0 bridgehead atoms. The number of fused-ring (bicyclic) bond motifs is 1. The minimum Gasteiger partial charge on any atom is -0.489 e. The van der Waals surface area contributed by atoms with E-state index in [-0.39, 0.29) is 12.2 Å². The number of H-pyrrole nitrogens is 1. The van der Waals surface area contributed by atoms with Gasteiger partial charge in [0.25, 0.3) is 0 Å². The van der Waals surface area contributed by atoms with Crippen molar-refractivity contribution in [2.75, 3.05) is 0 Å². The number of aromatic carboxylic acids is 1. The number of hydrogen-bond donors (Lipinski definition) is 2. The Hall–Kier alpha value is -3.74. The van der Waals surface area contributed by atoms with E-state index in [1.54, 1.807) is 30.3 Å². The van der Waals surface area contributed by atoms with Gasteiger partial charge in [0, 0.05) is 34.1 Å². The topological polar surface area (TPSA) is 88.3 Å². The molecule has 2 N–H and O–H groups in total. The number of halogens is 2. The van der Waals surface area contributed by atoms with Crippen LogP contribution in [-0.4, -0.2) is 21.2 Å². The van der Waals surface area contributed by atoms with E-state index in [4.69, 9.17) is 32.5 Å². The summed E-state index contributed by atoms with van der Waals surface area (Å²) in [6.07, 6.45) is 4.00. The van der Waals surface area contributed by atoms with E-state index in [1.807, 2.05) is 36.5 Å². The van der Waals surface area contributed by atoms with Crippen LogP contribution < -0.4 is 4.74 Å². The molecule has 36 heavy (non-hydrogen) atoms. The minimum absolute atomic E-state index is 0.247. The van der Waals surface area contributed by atoms with Gasteiger partial charge in [0.15, 0.2) is 0 Å². The second kappa shape index (κ2) is 9.04. The van der Waals surface area contributed by atoms with Crippen molar-refractivity contribution in [1.82, 2.24) is 10.1 Å². The van der Waals surface area contributed by atoms with Gasteiger partial charge in [-0.05, 0) is 54.8 Å². The van der Waals surface area contributed by atoms with Crippen LogP contribution in [0, 0.1) is 0 Å². The fourth-order valence-electron chi connectivity index (χ4n) is 4.43. The number of carboxylic acid groups (broad SMARTS) is 1. The smallest absolute Gasteiger partial charge is 0.335 e. The summed E-state index contributed by atoms with van der Waals surface area (Å²) >= 11 is 12.9. The molecule has 1 saturated carbocycles. The molecule has 2 heterocycles. The van der Waals surface area contributed by atoms with Gasteiger partial charge in [-0.15, -0.1) is 0 Å². The molecule has 0 atom stereocenters. The monoisotopic (exact) mass is 518 g/mol. The van der Waals surface area contributed by atoms with Gasteiger partial charge in [-0.25, -0.2) is 4.79 Å². The standard InChI is InChI=1S/C28H20Cl2N2O4/c29-22-2-1-3-23(30)25(22)26-21(27(36-32-26)16-4-5-16)14-35-18-9-6-15(7-10-18)20-13-31-24-12-17(28(33)34)8-11-19(20)24/h1-3,6-13,16,31H,4-5,14H2,(H,33,34). The first-order valence-electron chi connectivity index (χ1n) is 11.5. The highest BCUT2D eigenvalue weighted by atomic mass is 35.5. The van der Waals surface area contributed by atoms with Crippen LogP contribution in [0.5, 0.6) is 5.75 Å². The Labute approximate surface area is 216 Å². The molecule has 0 saturated heterocycles. The average molecular weight is 519 g/mol. The van der Waals surface area contributed by atoms with E-state index < -0.39 is 5.97 Å². The van der Waals surface area contributed by atoms with E-state index in [0.717, 1.165) is 46.2 Å². The Morgan fingerprint density at radius 1 is 1.08 bits per heavy atom. The first-order valence-corrected chi connectivity index (χ1v) is 12.3. The molecule has 0 aliphatic heterocycles. The predicted octanol–water partition coefficient (Wildman–Crippen LogP) is 7.95. The van der Waals surface area contributed by atoms with Crippen molar-refractivity contribution in [2.45, 2.75) is 25.4 Å². The largest absolute Gasteiger partial charge is 0.489 e. The second-order valence-corrected chi connectivity index (χ2v) is 9.64. The average Bonchev–Trinajstić information content (AvgIpc) is 3.50. The number of aromatic nitrogens is 2. The van der Waals surface area contributed by atoms with Crippen LogP contribution in [0.2, 0.25) is 10.0 Å². The number of carboxylic acids is 1. The van der Waals surface area contributed by atoms with Gasteiger partial charge in [0.05, 0.1) is 21.2 Å². The molecule has 1 fully saturated rings. The molecule has 0 amide bonds. The number of nitrogens with one attached hydrogen (secondary N) is 1. The Morgan fingerprint density at radius 3 is 2.53 bits per heavy atom. The van der Waals surface area contributed by atoms with Crippen LogP contribution in [0.4, 0.5) is 0 Å². The lowest BCUT2D eigenvalue weighted by Gasteiger charge is -2.10. The maximum atomic E-state index is 11.3. The van der Waals surface area contributed by atoms with Crippen LogP contribution >= 0.6 is 23.2 Å². The Balaban J connectivity index is 1.26. The molecule has 3 aromatic carbocycles.